The zero-order chi connectivity index (χ0) is 26.0. The number of nitrogens with zero attached hydrogens (tertiary/aromatic N) is 1. The van der Waals surface area contributed by atoms with Gasteiger partial charge in [0.25, 0.3) is 11.8 Å². The Balaban J connectivity index is 1.39. The van der Waals surface area contributed by atoms with Crippen LogP contribution in [0.5, 0.6) is 0 Å². The fourth-order valence-corrected chi connectivity index (χ4v) is 7.85. The summed E-state index contributed by atoms with van der Waals surface area (Å²) in [4.78, 5) is 27.9. The van der Waals surface area contributed by atoms with E-state index in [4.69, 9.17) is 4.74 Å². The van der Waals surface area contributed by atoms with Crippen molar-refractivity contribution in [3.63, 3.8) is 0 Å². The molecule has 2 aromatic rings. The molecule has 2 aliphatic carbocycles. The van der Waals surface area contributed by atoms with Gasteiger partial charge in [-0.3, -0.25) is 9.59 Å². The van der Waals surface area contributed by atoms with Crippen molar-refractivity contribution < 1.29 is 22.7 Å². The lowest BCUT2D eigenvalue weighted by Crippen LogP contribution is -2.28. The van der Waals surface area contributed by atoms with E-state index < -0.39 is 15.9 Å². The van der Waals surface area contributed by atoms with Crippen molar-refractivity contribution in [2.24, 2.45) is 0 Å². The highest BCUT2D eigenvalue weighted by molar-refractivity contribution is 7.89. The summed E-state index contributed by atoms with van der Waals surface area (Å²) in [6.07, 6.45) is 11.7. The largest absolute Gasteiger partial charge is 0.377 e. The molecular formula is C27H31N3O5S2. The molecule has 1 unspecified atom stereocenters. The predicted octanol–water partition coefficient (Wildman–Crippen LogP) is 4.25. The number of nitrogens with one attached hydrogen (secondary N) is 2. The molecule has 2 N–H and O–H groups in total. The average molecular weight is 542 g/mol. The highest BCUT2D eigenvalue weighted by Gasteiger charge is 2.29. The van der Waals surface area contributed by atoms with Gasteiger partial charge in [-0.15, -0.1) is 11.3 Å². The van der Waals surface area contributed by atoms with Crippen LogP contribution in [0.3, 0.4) is 0 Å². The Morgan fingerprint density at radius 1 is 1.05 bits per heavy atom. The van der Waals surface area contributed by atoms with E-state index in [1.807, 2.05) is 18.2 Å². The zero-order valence-electron chi connectivity index (χ0n) is 20.8. The van der Waals surface area contributed by atoms with Gasteiger partial charge in [-0.1, -0.05) is 18.2 Å². The van der Waals surface area contributed by atoms with Gasteiger partial charge in [-0.25, -0.2) is 8.42 Å². The smallest absolute Gasteiger partial charge is 0.258 e. The number of allylic oxidation sites excluding steroid dienone is 1. The number of hydrogen-bond acceptors (Lipinski definition) is 6. The van der Waals surface area contributed by atoms with Crippen LogP contribution in [0.4, 0.5) is 5.00 Å². The summed E-state index contributed by atoms with van der Waals surface area (Å²) in [5, 5.41) is 6.40. The standard InChI is InChI=1S/C27H31N3O5S2/c1-35-20-13-11-19(12-14-20)28-26(32)24-22-9-2-3-10-23(22)36-27(24)29-25(31)18-7-6-8-21(17-18)37(33,34)30-15-4-5-16-30/h6-8,11-13,17,20H,2-5,9-10,14-16H2,1H3,(H,28,32)(H,29,31). The van der Waals surface area contributed by atoms with Gasteiger partial charge < -0.3 is 15.4 Å². The van der Waals surface area contributed by atoms with Crippen molar-refractivity contribution in [3.8, 4) is 0 Å². The van der Waals surface area contributed by atoms with Crippen LogP contribution in [0.15, 0.2) is 53.1 Å². The molecule has 2 amide bonds. The maximum Gasteiger partial charge on any atom is 0.258 e. The molecule has 10 heteroatoms. The maximum atomic E-state index is 13.4. The predicted molar refractivity (Wildman–Crippen MR) is 143 cm³/mol. The van der Waals surface area contributed by atoms with Gasteiger partial charge in [-0.2, -0.15) is 4.31 Å². The van der Waals surface area contributed by atoms with Crippen LogP contribution >= 0.6 is 11.3 Å². The highest BCUT2D eigenvalue weighted by atomic mass is 32.2. The summed E-state index contributed by atoms with van der Waals surface area (Å²) in [6.45, 7) is 0.992. The van der Waals surface area contributed by atoms with Crippen LogP contribution in [0.1, 0.15) is 63.3 Å². The third kappa shape index (κ3) is 5.43. The van der Waals surface area contributed by atoms with Crippen molar-refractivity contribution in [2.75, 3.05) is 25.5 Å². The van der Waals surface area contributed by atoms with E-state index in [-0.39, 0.29) is 22.5 Å². The van der Waals surface area contributed by atoms with E-state index >= 15 is 0 Å². The topological polar surface area (TPSA) is 105 Å². The van der Waals surface area contributed by atoms with Gasteiger partial charge in [-0.05, 0) is 74.8 Å². The number of methoxy groups -OCH3 is 1. The second-order valence-electron chi connectivity index (χ2n) is 9.49. The van der Waals surface area contributed by atoms with Gasteiger partial charge in [0.05, 0.1) is 16.6 Å². The number of benzene rings is 1. The summed E-state index contributed by atoms with van der Waals surface area (Å²) in [5.41, 5.74) is 2.43. The van der Waals surface area contributed by atoms with Gasteiger partial charge >= 0.3 is 0 Å². The first-order valence-electron chi connectivity index (χ1n) is 12.7. The third-order valence-corrected chi connectivity index (χ3v) is 10.1. The molecule has 0 saturated carbocycles. The number of aryl methyl sites for hydroxylation is 1. The molecule has 0 radical (unpaired) electrons. The van der Waals surface area contributed by atoms with E-state index in [0.29, 0.717) is 35.8 Å². The van der Waals surface area contributed by atoms with Gasteiger partial charge in [0.1, 0.15) is 5.00 Å². The second-order valence-corrected chi connectivity index (χ2v) is 12.5. The number of carbonyl (C=O) groups excluding carboxylic acids is 2. The van der Waals surface area contributed by atoms with Crippen molar-refractivity contribution in [3.05, 3.63) is 69.8 Å². The quantitative estimate of drug-likeness (QED) is 0.545. The van der Waals surface area contributed by atoms with Gasteiger partial charge in [0.2, 0.25) is 10.0 Å². The molecule has 2 heterocycles. The lowest BCUT2D eigenvalue weighted by molar-refractivity contribution is 0.0965. The fourth-order valence-electron chi connectivity index (χ4n) is 5.01. The molecule has 196 valence electrons. The lowest BCUT2D eigenvalue weighted by Gasteiger charge is -2.17. The van der Waals surface area contributed by atoms with Crippen molar-refractivity contribution >= 4 is 38.2 Å². The first-order chi connectivity index (χ1) is 17.9. The van der Waals surface area contributed by atoms with Crippen LogP contribution in [0.25, 0.3) is 0 Å². The number of fused-ring (bicyclic) bond motifs is 1. The van der Waals surface area contributed by atoms with Gasteiger partial charge in [0, 0.05) is 36.3 Å². The van der Waals surface area contributed by atoms with Crippen LogP contribution in [0, 0.1) is 0 Å². The van der Waals surface area contributed by atoms with Crippen molar-refractivity contribution in [2.45, 2.75) is 55.9 Å². The third-order valence-electron chi connectivity index (χ3n) is 7.05. The van der Waals surface area contributed by atoms with Crippen LogP contribution in [-0.2, 0) is 27.6 Å². The van der Waals surface area contributed by atoms with E-state index in [9.17, 15) is 18.0 Å². The molecular weight excluding hydrogens is 510 g/mol. The van der Waals surface area contributed by atoms with E-state index in [1.165, 1.54) is 27.8 Å². The Hall–Kier alpha value is -2.79. The minimum Gasteiger partial charge on any atom is -0.377 e. The Labute approximate surface area is 221 Å². The molecule has 3 aliphatic rings. The van der Waals surface area contributed by atoms with E-state index in [2.05, 4.69) is 10.6 Å². The molecule has 1 atom stereocenters. The zero-order valence-corrected chi connectivity index (χ0v) is 22.4. The summed E-state index contributed by atoms with van der Waals surface area (Å²) < 4.78 is 32.8. The van der Waals surface area contributed by atoms with Crippen molar-refractivity contribution in [1.29, 1.82) is 0 Å². The molecule has 1 saturated heterocycles. The molecule has 0 bridgehead atoms. The Morgan fingerprint density at radius 2 is 1.84 bits per heavy atom. The number of sulfonamides is 1. The monoisotopic (exact) mass is 541 g/mol. The van der Waals surface area contributed by atoms with Gasteiger partial charge in [0.15, 0.2) is 0 Å². The van der Waals surface area contributed by atoms with Crippen molar-refractivity contribution in [1.82, 2.24) is 9.62 Å². The van der Waals surface area contributed by atoms with Crippen LogP contribution < -0.4 is 10.6 Å². The number of carbonyl (C=O) groups is 2. The summed E-state index contributed by atoms with van der Waals surface area (Å²) >= 11 is 1.43. The molecule has 1 aliphatic heterocycles. The molecule has 37 heavy (non-hydrogen) atoms. The normalized spacial score (nSPS) is 19.8. The summed E-state index contributed by atoms with van der Waals surface area (Å²) in [6, 6.07) is 6.11. The number of amides is 2. The first kappa shape index (κ1) is 25.8. The molecule has 0 spiro atoms. The minimum atomic E-state index is -3.64. The summed E-state index contributed by atoms with van der Waals surface area (Å²) in [5.74, 6) is -0.697. The Kier molecular flexibility index (Phi) is 7.62. The fraction of sp³-hybridized carbons (Fsp3) is 0.407. The molecule has 8 nitrogen and oxygen atoms in total. The number of hydrogen-bond donors (Lipinski definition) is 2. The molecule has 5 rings (SSSR count). The second kappa shape index (κ2) is 10.9. The van der Waals surface area contributed by atoms with E-state index in [1.54, 1.807) is 19.2 Å². The highest BCUT2D eigenvalue weighted by Crippen LogP contribution is 2.38. The summed E-state index contributed by atoms with van der Waals surface area (Å²) in [7, 11) is -1.99. The molecule has 1 aromatic heterocycles. The lowest BCUT2D eigenvalue weighted by atomic mass is 9.95. The maximum absolute atomic E-state index is 13.4. The average Bonchev–Trinajstić information content (AvgIpc) is 3.58. The Bertz CT molecular complexity index is 1370. The Morgan fingerprint density at radius 3 is 2.57 bits per heavy atom. The number of ether oxygens (including phenoxy) is 1. The minimum absolute atomic E-state index is 0.00513. The number of rotatable bonds is 7. The number of anilines is 1. The SMILES string of the molecule is COC1C=CC(NC(=O)c2c(NC(=O)c3cccc(S(=O)(=O)N4CCCC4)c3)sc3c2CCCC3)=CC1. The number of thiophene rings is 1. The van der Waals surface area contributed by atoms with E-state index in [0.717, 1.165) is 49.0 Å². The molecule has 1 fully saturated rings. The first-order valence-corrected chi connectivity index (χ1v) is 14.9. The van der Waals surface area contributed by atoms with Crippen LogP contribution in [-0.4, -0.2) is 50.8 Å². The van der Waals surface area contributed by atoms with Crippen LogP contribution in [0.2, 0.25) is 0 Å². The molecule has 1 aromatic carbocycles.